The van der Waals surface area contributed by atoms with Gasteiger partial charge in [-0.05, 0) is 26.0 Å². The van der Waals surface area contributed by atoms with E-state index < -0.39 is 39.2 Å². The number of nitro groups is 1. The average Bonchev–Trinajstić information content (AvgIpc) is 2.87. The van der Waals surface area contributed by atoms with Crippen molar-refractivity contribution < 1.29 is 28.8 Å². The van der Waals surface area contributed by atoms with Crippen molar-refractivity contribution in [2.24, 2.45) is 0 Å². The van der Waals surface area contributed by atoms with Crippen molar-refractivity contribution in [2.75, 3.05) is 18.5 Å². The first-order valence-corrected chi connectivity index (χ1v) is 11.0. The number of amides is 1. The topological polar surface area (TPSA) is 149 Å². The van der Waals surface area contributed by atoms with E-state index in [4.69, 9.17) is 9.47 Å². The fraction of sp³-hybridized carbons (Fsp3) is 0.154. The molecule has 1 N–H and O–H groups in total. The van der Waals surface area contributed by atoms with E-state index in [1.54, 1.807) is 26.0 Å². The van der Waals surface area contributed by atoms with Gasteiger partial charge in [0.15, 0.2) is 17.3 Å². The van der Waals surface area contributed by atoms with E-state index in [2.05, 4.69) is 5.32 Å². The predicted octanol–water partition coefficient (Wildman–Crippen LogP) is 4.29. The van der Waals surface area contributed by atoms with Gasteiger partial charge in [-0.3, -0.25) is 24.5 Å². The van der Waals surface area contributed by atoms with E-state index >= 15 is 0 Å². The summed E-state index contributed by atoms with van der Waals surface area (Å²) in [6.07, 6.45) is 0. The Kier molecular flexibility index (Phi) is 6.48. The lowest BCUT2D eigenvalue weighted by atomic mass is 9.82. The van der Waals surface area contributed by atoms with Crippen LogP contribution in [0, 0.1) is 21.4 Å². The number of hydrogen-bond donors (Lipinski definition) is 1. The molecule has 0 radical (unpaired) electrons. The summed E-state index contributed by atoms with van der Waals surface area (Å²) in [5.74, 6) is -1.64. The first kappa shape index (κ1) is 24.1. The van der Waals surface area contributed by atoms with E-state index in [0.717, 1.165) is 6.07 Å². The van der Waals surface area contributed by atoms with Crippen molar-refractivity contribution in [3.05, 3.63) is 92.0 Å². The molecule has 0 heterocycles. The maximum absolute atomic E-state index is 13.2. The van der Waals surface area contributed by atoms with E-state index in [1.807, 2.05) is 6.07 Å². The lowest BCUT2D eigenvalue weighted by Gasteiger charge is -2.18. The zero-order valence-electron chi connectivity index (χ0n) is 19.3. The molecule has 36 heavy (non-hydrogen) atoms. The average molecular weight is 485 g/mol. The number of anilines is 1. The van der Waals surface area contributed by atoms with Gasteiger partial charge in [0.1, 0.15) is 17.2 Å². The largest absolute Gasteiger partial charge is 0.490 e. The lowest BCUT2D eigenvalue weighted by Crippen LogP contribution is -2.24. The van der Waals surface area contributed by atoms with Crippen molar-refractivity contribution >= 4 is 28.8 Å². The number of fused-ring (bicyclic) bond motifs is 2. The smallest absolute Gasteiger partial charge is 0.294 e. The Morgan fingerprint density at radius 2 is 1.58 bits per heavy atom. The van der Waals surface area contributed by atoms with Crippen LogP contribution >= 0.6 is 0 Å². The molecule has 3 aromatic carbocycles. The fourth-order valence-corrected chi connectivity index (χ4v) is 4.02. The molecule has 10 heteroatoms. The molecule has 0 atom stereocenters. The van der Waals surface area contributed by atoms with Gasteiger partial charge in [0, 0.05) is 28.8 Å². The first-order valence-electron chi connectivity index (χ1n) is 11.0. The minimum absolute atomic E-state index is 0.0234. The molecule has 180 valence electrons. The fourth-order valence-electron chi connectivity index (χ4n) is 4.02. The van der Waals surface area contributed by atoms with Crippen LogP contribution in [0.1, 0.15) is 61.6 Å². The summed E-state index contributed by atoms with van der Waals surface area (Å²) < 4.78 is 11.0. The van der Waals surface area contributed by atoms with Crippen molar-refractivity contribution in [2.45, 2.75) is 13.8 Å². The van der Waals surface area contributed by atoms with Crippen LogP contribution in [0.25, 0.3) is 0 Å². The van der Waals surface area contributed by atoms with Crippen molar-refractivity contribution in [3.63, 3.8) is 0 Å². The number of carbonyl (C=O) groups is 3. The highest BCUT2D eigenvalue weighted by Crippen LogP contribution is 2.37. The van der Waals surface area contributed by atoms with Gasteiger partial charge in [-0.25, -0.2) is 0 Å². The van der Waals surface area contributed by atoms with Gasteiger partial charge in [0.05, 0.1) is 29.4 Å². The number of benzene rings is 3. The highest BCUT2D eigenvalue weighted by atomic mass is 16.6. The zero-order valence-corrected chi connectivity index (χ0v) is 19.3. The Balaban J connectivity index is 1.81. The summed E-state index contributed by atoms with van der Waals surface area (Å²) in [6, 6.07) is 13.1. The number of hydrogen-bond acceptors (Lipinski definition) is 8. The minimum atomic E-state index is -0.938. The molecule has 0 saturated heterocycles. The minimum Gasteiger partial charge on any atom is -0.490 e. The molecule has 0 saturated carbocycles. The van der Waals surface area contributed by atoms with Crippen LogP contribution < -0.4 is 14.8 Å². The van der Waals surface area contributed by atoms with Gasteiger partial charge < -0.3 is 14.8 Å². The Hall–Kier alpha value is -5.04. The molecular formula is C26H19N3O7. The van der Waals surface area contributed by atoms with Gasteiger partial charge in [0.25, 0.3) is 11.6 Å². The van der Waals surface area contributed by atoms with E-state index in [9.17, 15) is 29.8 Å². The van der Waals surface area contributed by atoms with Crippen LogP contribution in [0.2, 0.25) is 0 Å². The quantitative estimate of drug-likeness (QED) is 0.301. The number of nitrogens with one attached hydrogen (secondary N) is 1. The van der Waals surface area contributed by atoms with Gasteiger partial charge in [-0.15, -0.1) is 0 Å². The third-order valence-corrected chi connectivity index (χ3v) is 5.55. The van der Waals surface area contributed by atoms with Crippen LogP contribution in [0.4, 0.5) is 11.4 Å². The molecular weight excluding hydrogens is 466 g/mol. The maximum Gasteiger partial charge on any atom is 0.294 e. The number of carbonyl (C=O) groups excluding carboxylic acids is 3. The van der Waals surface area contributed by atoms with Crippen molar-refractivity contribution in [1.82, 2.24) is 0 Å². The summed E-state index contributed by atoms with van der Waals surface area (Å²) in [5.41, 5.74) is -1.58. The van der Waals surface area contributed by atoms with Crippen LogP contribution in [0.15, 0.2) is 48.5 Å². The molecule has 0 aromatic heterocycles. The Bertz CT molecular complexity index is 1490. The molecule has 0 spiro atoms. The van der Waals surface area contributed by atoms with Crippen LogP contribution in [0.3, 0.4) is 0 Å². The van der Waals surface area contributed by atoms with E-state index in [-0.39, 0.29) is 40.3 Å². The lowest BCUT2D eigenvalue weighted by molar-refractivity contribution is -0.385. The summed E-state index contributed by atoms with van der Waals surface area (Å²) >= 11 is 0. The molecule has 1 aliphatic carbocycles. The number of nitriles is 1. The molecule has 1 amide bonds. The third kappa shape index (κ3) is 4.03. The van der Waals surface area contributed by atoms with Crippen LogP contribution in [-0.2, 0) is 0 Å². The molecule has 0 unspecified atom stereocenters. The Labute approximate surface area is 205 Å². The van der Waals surface area contributed by atoms with Gasteiger partial charge in [-0.1, -0.05) is 24.3 Å². The van der Waals surface area contributed by atoms with Gasteiger partial charge >= 0.3 is 0 Å². The number of rotatable bonds is 7. The number of ether oxygens (including phenoxy) is 2. The maximum atomic E-state index is 13.2. The first-order chi connectivity index (χ1) is 17.3. The molecule has 10 nitrogen and oxygen atoms in total. The van der Waals surface area contributed by atoms with Crippen LogP contribution in [-0.4, -0.2) is 35.6 Å². The number of nitrogens with zero attached hydrogens (tertiary/aromatic N) is 2. The number of nitro benzene ring substituents is 1. The van der Waals surface area contributed by atoms with Crippen molar-refractivity contribution in [3.8, 4) is 17.6 Å². The molecule has 4 rings (SSSR count). The standard InChI is InChI=1S/C26H19N3O7/c1-3-35-20-11-14(13-27)19(12-21(20)36-4-2)28-26(32)18-10-9-17-22(23(18)29(33)34)25(31)16-8-6-5-7-15(16)24(17)30/h5-12H,3-4H2,1-2H3,(H,28,32). The molecule has 0 fully saturated rings. The molecule has 0 aliphatic heterocycles. The summed E-state index contributed by atoms with van der Waals surface area (Å²) in [5, 5.41) is 24.1. The SMILES string of the molecule is CCOc1cc(C#N)c(NC(=O)c2ccc3c(c2[N+](=O)[O-])C(=O)c2ccccc2C3=O)cc1OCC. The highest BCUT2D eigenvalue weighted by Gasteiger charge is 2.38. The normalized spacial score (nSPS) is 11.7. The zero-order chi connectivity index (χ0) is 26.0. The monoisotopic (exact) mass is 485 g/mol. The second-order valence-electron chi connectivity index (χ2n) is 7.62. The second kappa shape index (κ2) is 9.68. The summed E-state index contributed by atoms with van der Waals surface area (Å²) in [6.45, 7) is 4.11. The van der Waals surface area contributed by atoms with E-state index in [0.29, 0.717) is 12.4 Å². The molecule has 3 aromatic rings. The van der Waals surface area contributed by atoms with E-state index in [1.165, 1.54) is 30.3 Å². The summed E-state index contributed by atoms with van der Waals surface area (Å²) in [7, 11) is 0. The molecule has 1 aliphatic rings. The van der Waals surface area contributed by atoms with Crippen molar-refractivity contribution in [1.29, 1.82) is 5.26 Å². The Morgan fingerprint density at radius 1 is 0.972 bits per heavy atom. The van der Waals surface area contributed by atoms with Gasteiger partial charge in [0.2, 0.25) is 5.78 Å². The summed E-state index contributed by atoms with van der Waals surface area (Å²) in [4.78, 5) is 50.5. The highest BCUT2D eigenvalue weighted by molar-refractivity contribution is 6.30. The van der Waals surface area contributed by atoms with Crippen LogP contribution in [0.5, 0.6) is 11.5 Å². The third-order valence-electron chi connectivity index (χ3n) is 5.55. The predicted molar refractivity (Wildman–Crippen MR) is 128 cm³/mol. The van der Waals surface area contributed by atoms with Gasteiger partial charge in [-0.2, -0.15) is 5.26 Å². The second-order valence-corrected chi connectivity index (χ2v) is 7.62. The molecule has 0 bridgehead atoms. The Morgan fingerprint density at radius 3 is 2.17 bits per heavy atom. The number of ketones is 2.